The molecule has 0 radical (unpaired) electrons. The standard InChI is InChI=1S/C9H11N3O3S2/c1-17(14,15)7-4-2-6(3-5-7)8(13)11-12-9(10)16/h2-5H,1H3,(H,11,13)(H3,10,12,16). The Morgan fingerprint density at radius 2 is 1.76 bits per heavy atom. The maximum absolute atomic E-state index is 11.5. The van der Waals surface area contributed by atoms with Crippen LogP contribution in [0.25, 0.3) is 0 Å². The van der Waals surface area contributed by atoms with Gasteiger partial charge in [-0.15, -0.1) is 0 Å². The van der Waals surface area contributed by atoms with Crippen LogP contribution in [0.4, 0.5) is 0 Å². The van der Waals surface area contributed by atoms with Crippen LogP contribution < -0.4 is 16.6 Å². The summed E-state index contributed by atoms with van der Waals surface area (Å²) in [6, 6.07) is 5.50. The number of nitrogens with one attached hydrogen (secondary N) is 2. The quantitative estimate of drug-likeness (QED) is 0.499. The summed E-state index contributed by atoms with van der Waals surface area (Å²) in [6.45, 7) is 0. The summed E-state index contributed by atoms with van der Waals surface area (Å²) in [7, 11) is -3.26. The molecule has 0 spiro atoms. The van der Waals surface area contributed by atoms with Gasteiger partial charge in [-0.1, -0.05) is 0 Å². The van der Waals surface area contributed by atoms with Crippen LogP contribution in [-0.2, 0) is 9.84 Å². The predicted octanol–water partition coefficient (Wildman–Crippen LogP) is -0.432. The van der Waals surface area contributed by atoms with E-state index >= 15 is 0 Å². The summed E-state index contributed by atoms with van der Waals surface area (Å²) >= 11 is 4.51. The number of hydrogen-bond acceptors (Lipinski definition) is 4. The Labute approximate surface area is 104 Å². The minimum Gasteiger partial charge on any atom is -0.375 e. The molecule has 8 heteroatoms. The Hall–Kier alpha value is -1.67. The normalized spacial score (nSPS) is 10.6. The third-order valence-corrected chi connectivity index (χ3v) is 3.07. The molecule has 1 amide bonds. The number of amides is 1. The smallest absolute Gasteiger partial charge is 0.269 e. The van der Waals surface area contributed by atoms with Gasteiger partial charge in [0.2, 0.25) is 0 Å². The fourth-order valence-corrected chi connectivity index (χ4v) is 1.73. The third kappa shape index (κ3) is 4.00. The van der Waals surface area contributed by atoms with E-state index in [0.717, 1.165) is 6.26 Å². The van der Waals surface area contributed by atoms with Crippen molar-refractivity contribution in [3.05, 3.63) is 29.8 Å². The summed E-state index contributed by atoms with van der Waals surface area (Å²) in [5.41, 5.74) is 9.95. The number of nitrogens with two attached hydrogens (primary N) is 1. The first kappa shape index (κ1) is 13.4. The number of hydrazine groups is 1. The summed E-state index contributed by atoms with van der Waals surface area (Å²) in [4.78, 5) is 11.6. The molecule has 0 fully saturated rings. The molecule has 0 aliphatic heterocycles. The molecule has 0 aromatic heterocycles. The van der Waals surface area contributed by atoms with Crippen molar-refractivity contribution in [2.24, 2.45) is 5.73 Å². The minimum atomic E-state index is -3.26. The molecule has 17 heavy (non-hydrogen) atoms. The lowest BCUT2D eigenvalue weighted by Gasteiger charge is -2.06. The maximum atomic E-state index is 11.5. The molecule has 0 aliphatic carbocycles. The Morgan fingerprint density at radius 3 is 2.18 bits per heavy atom. The van der Waals surface area contributed by atoms with Crippen molar-refractivity contribution in [3.63, 3.8) is 0 Å². The van der Waals surface area contributed by atoms with Crippen molar-refractivity contribution in [2.75, 3.05) is 6.26 Å². The molecule has 0 aliphatic rings. The zero-order chi connectivity index (χ0) is 13.1. The van der Waals surface area contributed by atoms with Crippen LogP contribution in [0.3, 0.4) is 0 Å². The predicted molar refractivity (Wildman–Crippen MR) is 66.9 cm³/mol. The van der Waals surface area contributed by atoms with Gasteiger partial charge in [0.05, 0.1) is 4.90 Å². The van der Waals surface area contributed by atoms with Gasteiger partial charge < -0.3 is 5.73 Å². The number of carbonyl (C=O) groups excluding carboxylic acids is 1. The van der Waals surface area contributed by atoms with Crippen LogP contribution >= 0.6 is 12.2 Å². The molecule has 4 N–H and O–H groups in total. The van der Waals surface area contributed by atoms with E-state index in [-0.39, 0.29) is 10.0 Å². The Kier molecular flexibility index (Phi) is 4.02. The van der Waals surface area contributed by atoms with Crippen molar-refractivity contribution in [3.8, 4) is 0 Å². The largest absolute Gasteiger partial charge is 0.375 e. The van der Waals surface area contributed by atoms with E-state index in [2.05, 4.69) is 23.1 Å². The van der Waals surface area contributed by atoms with Crippen LogP contribution in [-0.4, -0.2) is 25.7 Å². The lowest BCUT2D eigenvalue weighted by Crippen LogP contribution is -2.44. The summed E-state index contributed by atoms with van der Waals surface area (Å²) in [5.74, 6) is -0.460. The molecule has 1 aromatic rings. The average Bonchev–Trinajstić information content (AvgIpc) is 2.25. The Morgan fingerprint density at radius 1 is 1.24 bits per heavy atom. The molecule has 6 nitrogen and oxygen atoms in total. The van der Waals surface area contributed by atoms with Crippen LogP contribution in [0.2, 0.25) is 0 Å². The van der Waals surface area contributed by atoms with Gasteiger partial charge in [-0.05, 0) is 36.5 Å². The molecule has 1 aromatic carbocycles. The first-order valence-electron chi connectivity index (χ1n) is 4.46. The molecule has 0 bridgehead atoms. The summed E-state index contributed by atoms with van der Waals surface area (Å²) < 4.78 is 22.4. The second kappa shape index (κ2) is 5.11. The highest BCUT2D eigenvalue weighted by Gasteiger charge is 2.09. The van der Waals surface area contributed by atoms with E-state index in [4.69, 9.17) is 5.73 Å². The molecule has 0 saturated carbocycles. The molecule has 1 rings (SSSR count). The number of rotatable bonds is 2. The number of benzene rings is 1. The highest BCUT2D eigenvalue weighted by Crippen LogP contribution is 2.09. The monoisotopic (exact) mass is 273 g/mol. The van der Waals surface area contributed by atoms with E-state index in [9.17, 15) is 13.2 Å². The Balaban J connectivity index is 2.81. The van der Waals surface area contributed by atoms with Crippen molar-refractivity contribution in [2.45, 2.75) is 4.90 Å². The SMILES string of the molecule is CS(=O)(=O)c1ccc(C(=O)NNC(N)=S)cc1. The van der Waals surface area contributed by atoms with E-state index in [0.29, 0.717) is 5.56 Å². The number of thiocarbonyl (C=S) groups is 1. The van der Waals surface area contributed by atoms with Crippen LogP contribution in [0.15, 0.2) is 29.2 Å². The topological polar surface area (TPSA) is 101 Å². The first-order valence-corrected chi connectivity index (χ1v) is 6.76. The number of carbonyl (C=O) groups is 1. The zero-order valence-electron chi connectivity index (χ0n) is 8.93. The lowest BCUT2D eigenvalue weighted by molar-refractivity contribution is 0.0944. The molecule has 0 saturated heterocycles. The van der Waals surface area contributed by atoms with Crippen molar-refractivity contribution >= 4 is 33.1 Å². The van der Waals surface area contributed by atoms with Gasteiger partial charge in [0.15, 0.2) is 14.9 Å². The molecule has 0 heterocycles. The van der Waals surface area contributed by atoms with E-state index < -0.39 is 15.7 Å². The van der Waals surface area contributed by atoms with Gasteiger partial charge in [0, 0.05) is 11.8 Å². The van der Waals surface area contributed by atoms with Crippen molar-refractivity contribution < 1.29 is 13.2 Å². The van der Waals surface area contributed by atoms with Crippen molar-refractivity contribution in [1.82, 2.24) is 10.9 Å². The lowest BCUT2D eigenvalue weighted by atomic mass is 10.2. The van der Waals surface area contributed by atoms with E-state index in [1.807, 2.05) is 0 Å². The average molecular weight is 273 g/mol. The van der Waals surface area contributed by atoms with Gasteiger partial charge in [-0.25, -0.2) is 8.42 Å². The van der Waals surface area contributed by atoms with Crippen LogP contribution in [0.5, 0.6) is 0 Å². The number of sulfone groups is 1. The third-order valence-electron chi connectivity index (χ3n) is 1.84. The molecule has 0 atom stereocenters. The highest BCUT2D eigenvalue weighted by atomic mass is 32.2. The minimum absolute atomic E-state index is 0.0638. The maximum Gasteiger partial charge on any atom is 0.269 e. The van der Waals surface area contributed by atoms with Gasteiger partial charge >= 0.3 is 0 Å². The zero-order valence-corrected chi connectivity index (χ0v) is 10.6. The second-order valence-electron chi connectivity index (χ2n) is 3.24. The highest BCUT2D eigenvalue weighted by molar-refractivity contribution is 7.90. The Bertz CT molecular complexity index is 537. The molecule has 92 valence electrons. The van der Waals surface area contributed by atoms with Gasteiger partial charge in [-0.2, -0.15) is 0 Å². The molecular formula is C9H11N3O3S2. The fraction of sp³-hybridized carbons (Fsp3) is 0.111. The van der Waals surface area contributed by atoms with E-state index in [1.165, 1.54) is 24.3 Å². The van der Waals surface area contributed by atoms with Gasteiger partial charge in [0.25, 0.3) is 5.91 Å². The fourth-order valence-electron chi connectivity index (χ4n) is 1.04. The van der Waals surface area contributed by atoms with Gasteiger partial charge in [-0.3, -0.25) is 15.6 Å². The van der Waals surface area contributed by atoms with E-state index in [1.54, 1.807) is 0 Å². The molecular weight excluding hydrogens is 262 g/mol. The summed E-state index contributed by atoms with van der Waals surface area (Å²) in [5, 5.41) is -0.0638. The summed E-state index contributed by atoms with van der Waals surface area (Å²) in [6.07, 6.45) is 1.09. The van der Waals surface area contributed by atoms with Crippen molar-refractivity contribution in [1.29, 1.82) is 0 Å². The van der Waals surface area contributed by atoms with Gasteiger partial charge in [0.1, 0.15) is 0 Å². The number of hydrogen-bond donors (Lipinski definition) is 3. The van der Waals surface area contributed by atoms with Crippen LogP contribution in [0.1, 0.15) is 10.4 Å². The molecule has 0 unspecified atom stereocenters. The second-order valence-corrected chi connectivity index (χ2v) is 5.70. The van der Waals surface area contributed by atoms with Crippen LogP contribution in [0, 0.1) is 0 Å². The first-order chi connectivity index (χ1) is 7.80.